The summed E-state index contributed by atoms with van der Waals surface area (Å²) >= 11 is 5.89. The minimum absolute atomic E-state index is 0.0245. The Kier molecular flexibility index (Phi) is 3.32. The van der Waals surface area contributed by atoms with Crippen molar-refractivity contribution in [3.05, 3.63) is 29.0 Å². The molecule has 2 fully saturated rings. The molecule has 1 aromatic rings. The summed E-state index contributed by atoms with van der Waals surface area (Å²) in [5, 5.41) is 4.31. The summed E-state index contributed by atoms with van der Waals surface area (Å²) in [4.78, 5) is 21.0. The number of oxime groups is 1. The monoisotopic (exact) mass is 306 g/mol. The summed E-state index contributed by atoms with van der Waals surface area (Å²) in [6.45, 7) is 6.80. The van der Waals surface area contributed by atoms with E-state index < -0.39 is 5.97 Å². The summed E-state index contributed by atoms with van der Waals surface area (Å²) in [6.07, 6.45) is 4.78. The molecule has 0 radical (unpaired) electrons. The molecular formula is C16H19ClN2O2. The maximum absolute atomic E-state index is 12.0. The van der Waals surface area contributed by atoms with E-state index >= 15 is 0 Å². The second-order valence-corrected chi connectivity index (χ2v) is 7.11. The lowest BCUT2D eigenvalue weighted by atomic mass is 9.70. The van der Waals surface area contributed by atoms with Gasteiger partial charge in [0, 0.05) is 11.6 Å². The fourth-order valence-corrected chi connectivity index (χ4v) is 3.95. The van der Waals surface area contributed by atoms with Crippen LogP contribution >= 0.6 is 11.6 Å². The zero-order valence-electron chi connectivity index (χ0n) is 12.5. The van der Waals surface area contributed by atoms with E-state index in [1.54, 1.807) is 12.1 Å². The molecule has 21 heavy (non-hydrogen) atoms. The van der Waals surface area contributed by atoms with Gasteiger partial charge >= 0.3 is 5.97 Å². The summed E-state index contributed by atoms with van der Waals surface area (Å²) < 4.78 is 0. The number of aromatic nitrogens is 1. The molecule has 0 amide bonds. The average molecular weight is 307 g/mol. The molecule has 2 saturated carbocycles. The van der Waals surface area contributed by atoms with E-state index in [2.05, 4.69) is 30.9 Å². The normalized spacial score (nSPS) is 31.6. The highest BCUT2D eigenvalue weighted by Gasteiger charge is 2.60. The number of carbonyl (C=O) groups is 1. The van der Waals surface area contributed by atoms with E-state index in [1.165, 1.54) is 12.6 Å². The molecule has 2 aliphatic carbocycles. The van der Waals surface area contributed by atoms with Crippen molar-refractivity contribution in [2.45, 2.75) is 40.0 Å². The van der Waals surface area contributed by atoms with Crippen molar-refractivity contribution in [1.29, 1.82) is 0 Å². The van der Waals surface area contributed by atoms with Gasteiger partial charge in [0.15, 0.2) is 0 Å². The molecule has 0 aliphatic heterocycles. The van der Waals surface area contributed by atoms with E-state index in [1.807, 2.05) is 0 Å². The molecule has 112 valence electrons. The fourth-order valence-electron chi connectivity index (χ4n) is 3.75. The zero-order chi connectivity index (χ0) is 15.3. The first-order valence-corrected chi connectivity index (χ1v) is 7.63. The number of rotatable bonds is 2. The lowest BCUT2D eigenvalue weighted by Gasteiger charge is -2.34. The third-order valence-electron chi connectivity index (χ3n) is 5.73. The van der Waals surface area contributed by atoms with Crippen molar-refractivity contribution >= 4 is 23.3 Å². The van der Waals surface area contributed by atoms with Gasteiger partial charge in [0.05, 0.1) is 11.3 Å². The highest BCUT2D eigenvalue weighted by Crippen LogP contribution is 2.63. The van der Waals surface area contributed by atoms with Crippen molar-refractivity contribution in [2.24, 2.45) is 21.9 Å². The van der Waals surface area contributed by atoms with Crippen LogP contribution < -0.4 is 0 Å². The number of nitrogens with zero attached hydrogens (tertiary/aromatic N) is 2. The van der Waals surface area contributed by atoms with Crippen LogP contribution in [0.3, 0.4) is 0 Å². The highest BCUT2D eigenvalue weighted by atomic mass is 35.5. The molecule has 1 heterocycles. The number of pyridine rings is 1. The van der Waals surface area contributed by atoms with Crippen molar-refractivity contribution in [1.82, 2.24) is 4.98 Å². The number of fused-ring (bicyclic) bond motifs is 2. The smallest absolute Gasteiger partial charge is 0.313 e. The molecule has 0 aromatic carbocycles. The zero-order valence-corrected chi connectivity index (χ0v) is 13.3. The quantitative estimate of drug-likeness (QED) is 0.470. The summed E-state index contributed by atoms with van der Waals surface area (Å²) in [7, 11) is 0. The van der Waals surface area contributed by atoms with Crippen LogP contribution in [0.4, 0.5) is 0 Å². The molecule has 4 nitrogen and oxygen atoms in total. The molecule has 0 spiro atoms. The minimum Gasteiger partial charge on any atom is -0.313 e. The Hall–Kier alpha value is -1.42. The van der Waals surface area contributed by atoms with Crippen LogP contribution in [0.2, 0.25) is 5.15 Å². The average Bonchev–Trinajstić information content (AvgIpc) is 2.78. The van der Waals surface area contributed by atoms with Crippen LogP contribution in [0.25, 0.3) is 0 Å². The van der Waals surface area contributed by atoms with Gasteiger partial charge in [-0.05, 0) is 42.7 Å². The van der Waals surface area contributed by atoms with Crippen LogP contribution in [0.15, 0.2) is 23.5 Å². The highest BCUT2D eigenvalue weighted by molar-refractivity contribution is 6.32. The molecule has 0 saturated heterocycles. The van der Waals surface area contributed by atoms with E-state index in [9.17, 15) is 4.79 Å². The van der Waals surface area contributed by atoms with E-state index in [4.69, 9.17) is 16.4 Å². The van der Waals surface area contributed by atoms with Gasteiger partial charge in [0.25, 0.3) is 0 Å². The second-order valence-electron chi connectivity index (χ2n) is 6.75. The maximum atomic E-state index is 12.0. The van der Waals surface area contributed by atoms with Gasteiger partial charge in [-0.25, -0.2) is 9.78 Å². The van der Waals surface area contributed by atoms with Gasteiger partial charge in [-0.2, -0.15) is 0 Å². The molecule has 1 aromatic heterocycles. The Morgan fingerprint density at radius 3 is 2.81 bits per heavy atom. The largest absolute Gasteiger partial charge is 0.368 e. The topological polar surface area (TPSA) is 51.5 Å². The molecular weight excluding hydrogens is 288 g/mol. The van der Waals surface area contributed by atoms with Crippen molar-refractivity contribution in [3.63, 3.8) is 0 Å². The van der Waals surface area contributed by atoms with E-state index in [-0.39, 0.29) is 21.5 Å². The van der Waals surface area contributed by atoms with Crippen molar-refractivity contribution in [2.75, 3.05) is 0 Å². The summed E-state index contributed by atoms with van der Waals surface area (Å²) in [6, 6.07) is 3.24. The maximum Gasteiger partial charge on any atom is 0.368 e. The first-order chi connectivity index (χ1) is 9.86. The first-order valence-electron chi connectivity index (χ1n) is 7.25. The Balaban J connectivity index is 1.79. The molecule has 0 N–H and O–H groups in total. The second kappa shape index (κ2) is 4.80. The van der Waals surface area contributed by atoms with Gasteiger partial charge in [0.2, 0.25) is 0 Å². The van der Waals surface area contributed by atoms with Gasteiger partial charge in [-0.15, -0.1) is 0 Å². The van der Waals surface area contributed by atoms with Crippen LogP contribution in [-0.4, -0.2) is 16.7 Å². The summed E-state index contributed by atoms with van der Waals surface area (Å²) in [5.74, 6) is 0.0757. The standard InChI is InChI=1S/C16H19ClN2O2/c1-15(2)10-6-7-16(15,3)12(9-10)19-21-14(20)11-5-4-8-18-13(11)17/h4-5,8,10H,6-7,9H2,1-3H3/b19-12+/t10-,16-/m0/s1. The molecule has 5 heteroatoms. The van der Waals surface area contributed by atoms with Gasteiger partial charge in [-0.3, -0.25) is 0 Å². The predicted molar refractivity (Wildman–Crippen MR) is 81.3 cm³/mol. The Labute approximate surface area is 129 Å². The van der Waals surface area contributed by atoms with Crippen LogP contribution in [-0.2, 0) is 4.84 Å². The SMILES string of the molecule is CC1(C)[C@H]2CC[C@@]1(C)/C(=N/OC(=O)c1cccnc1Cl)C2. The molecule has 0 unspecified atom stereocenters. The number of hydrogen-bond acceptors (Lipinski definition) is 4. The molecule has 2 bridgehead atoms. The number of hydrogen-bond donors (Lipinski definition) is 0. The lowest BCUT2D eigenvalue weighted by molar-refractivity contribution is 0.0508. The van der Waals surface area contributed by atoms with E-state index in [0.717, 1.165) is 18.6 Å². The Morgan fingerprint density at radius 1 is 1.48 bits per heavy atom. The Bertz CT molecular complexity index is 626. The van der Waals surface area contributed by atoms with Gasteiger partial charge in [-0.1, -0.05) is 37.5 Å². The minimum atomic E-state index is -0.551. The number of carbonyl (C=O) groups excluding carboxylic acids is 1. The first kappa shape index (κ1) is 14.5. The van der Waals surface area contributed by atoms with Gasteiger partial charge in [0.1, 0.15) is 5.15 Å². The third-order valence-corrected chi connectivity index (χ3v) is 6.03. The summed E-state index contributed by atoms with van der Waals surface area (Å²) in [5.41, 5.74) is 1.48. The van der Waals surface area contributed by atoms with Crippen LogP contribution in [0, 0.1) is 16.7 Å². The molecule has 3 rings (SSSR count). The van der Waals surface area contributed by atoms with Crippen molar-refractivity contribution < 1.29 is 9.63 Å². The van der Waals surface area contributed by atoms with Crippen molar-refractivity contribution in [3.8, 4) is 0 Å². The predicted octanol–water partition coefficient (Wildman–Crippen LogP) is 4.09. The lowest BCUT2D eigenvalue weighted by Crippen LogP contribution is -2.32. The number of halogens is 1. The fraction of sp³-hybridized carbons (Fsp3) is 0.562. The van der Waals surface area contributed by atoms with Crippen LogP contribution in [0.5, 0.6) is 0 Å². The van der Waals surface area contributed by atoms with E-state index in [0.29, 0.717) is 5.92 Å². The van der Waals surface area contributed by atoms with Gasteiger partial charge < -0.3 is 4.84 Å². The molecule has 2 atom stereocenters. The third kappa shape index (κ3) is 2.08. The Morgan fingerprint density at radius 2 is 2.24 bits per heavy atom. The molecule has 2 aliphatic rings. The van der Waals surface area contributed by atoms with Crippen LogP contribution in [0.1, 0.15) is 50.4 Å².